The van der Waals surface area contributed by atoms with Gasteiger partial charge in [0.25, 0.3) is 0 Å². The molecule has 6 nitrogen and oxygen atoms in total. The molecule has 3 heterocycles. The van der Waals surface area contributed by atoms with Crippen LogP contribution >= 0.6 is 0 Å². The third kappa shape index (κ3) is 4.64. The molecule has 3 aliphatic rings. The molecule has 4 atom stereocenters. The van der Waals surface area contributed by atoms with Crippen LogP contribution in [0.3, 0.4) is 0 Å². The molecule has 0 aromatic heterocycles. The molecule has 0 unspecified atom stereocenters. The molecule has 4 rings (SSSR count). The van der Waals surface area contributed by atoms with Crippen LogP contribution in [-0.4, -0.2) is 60.9 Å². The van der Waals surface area contributed by atoms with Crippen molar-refractivity contribution in [3.05, 3.63) is 29.8 Å². The van der Waals surface area contributed by atoms with Crippen molar-refractivity contribution in [3.8, 4) is 5.75 Å². The van der Waals surface area contributed by atoms with Gasteiger partial charge < -0.3 is 15.0 Å². The summed E-state index contributed by atoms with van der Waals surface area (Å²) in [6, 6.07) is 9.66. The molecule has 3 saturated heterocycles. The number of benzene rings is 1. The van der Waals surface area contributed by atoms with Gasteiger partial charge in [0.2, 0.25) is 11.8 Å². The molecule has 30 heavy (non-hydrogen) atoms. The van der Waals surface area contributed by atoms with Gasteiger partial charge in [0.05, 0.1) is 7.11 Å². The van der Waals surface area contributed by atoms with E-state index in [9.17, 15) is 9.59 Å². The maximum atomic E-state index is 12.8. The number of likely N-dealkylation sites (tertiary alicyclic amines) is 1. The van der Waals surface area contributed by atoms with Crippen LogP contribution in [0.4, 0.5) is 0 Å². The van der Waals surface area contributed by atoms with Crippen LogP contribution < -0.4 is 10.1 Å². The summed E-state index contributed by atoms with van der Waals surface area (Å²) >= 11 is 0. The topological polar surface area (TPSA) is 61.9 Å². The molecule has 1 N–H and O–H groups in total. The first-order valence-corrected chi connectivity index (χ1v) is 11.5. The van der Waals surface area contributed by atoms with Crippen molar-refractivity contribution in [1.29, 1.82) is 0 Å². The van der Waals surface area contributed by atoms with Crippen molar-refractivity contribution in [2.24, 2.45) is 11.8 Å². The fourth-order valence-corrected chi connectivity index (χ4v) is 5.86. The quantitative estimate of drug-likeness (QED) is 0.729. The monoisotopic (exact) mass is 413 g/mol. The van der Waals surface area contributed by atoms with E-state index in [1.165, 1.54) is 38.2 Å². The molecule has 3 aliphatic heterocycles. The van der Waals surface area contributed by atoms with E-state index < -0.39 is 0 Å². The van der Waals surface area contributed by atoms with E-state index >= 15 is 0 Å². The Hall–Kier alpha value is -2.08. The minimum atomic E-state index is -0.0289. The number of carbonyl (C=O) groups is 2. The first-order chi connectivity index (χ1) is 14.5. The highest BCUT2D eigenvalue weighted by Crippen LogP contribution is 2.44. The molecule has 0 radical (unpaired) electrons. The zero-order valence-corrected chi connectivity index (χ0v) is 18.3. The van der Waals surface area contributed by atoms with E-state index in [1.54, 1.807) is 7.11 Å². The number of piperidine rings is 3. The van der Waals surface area contributed by atoms with E-state index in [1.807, 2.05) is 0 Å². The Morgan fingerprint density at radius 3 is 2.67 bits per heavy atom. The molecule has 6 heteroatoms. The highest BCUT2D eigenvalue weighted by Gasteiger charge is 2.45. The lowest BCUT2D eigenvalue weighted by molar-refractivity contribution is -0.139. The summed E-state index contributed by atoms with van der Waals surface area (Å²) < 4.78 is 5.33. The summed E-state index contributed by atoms with van der Waals surface area (Å²) in [6.07, 6.45) is 6.22. The fourth-order valence-electron chi connectivity index (χ4n) is 5.86. The van der Waals surface area contributed by atoms with Crippen molar-refractivity contribution in [3.63, 3.8) is 0 Å². The van der Waals surface area contributed by atoms with Gasteiger partial charge in [-0.05, 0) is 61.6 Å². The molecule has 0 saturated carbocycles. The van der Waals surface area contributed by atoms with Gasteiger partial charge in [-0.15, -0.1) is 0 Å². The highest BCUT2D eigenvalue weighted by atomic mass is 16.5. The molecule has 3 fully saturated rings. The van der Waals surface area contributed by atoms with Crippen molar-refractivity contribution in [2.75, 3.05) is 33.3 Å². The number of ether oxygens (including phenoxy) is 1. The number of hydrogen-bond donors (Lipinski definition) is 1. The standard InChI is InChI=1S/C24H35N3O3/c1-17(28)25-12-4-7-24(29)26-14-18-13-20(16-26)23-6-3-5-22(27(23)15-18)19-8-10-21(30-2)11-9-19/h8-11,18,20,22-23H,3-7,12-16H2,1-2H3,(H,25,28)/t18-,20+,22+,23-/m0/s1. The lowest BCUT2D eigenvalue weighted by Crippen LogP contribution is -2.60. The Balaban J connectivity index is 1.38. The van der Waals surface area contributed by atoms with Gasteiger partial charge in [-0.25, -0.2) is 0 Å². The number of hydrogen-bond acceptors (Lipinski definition) is 4. The third-order valence-electron chi connectivity index (χ3n) is 7.18. The van der Waals surface area contributed by atoms with Gasteiger partial charge in [0.15, 0.2) is 0 Å². The smallest absolute Gasteiger partial charge is 0.222 e. The summed E-state index contributed by atoms with van der Waals surface area (Å²) in [5.74, 6) is 2.29. The van der Waals surface area contributed by atoms with Crippen LogP contribution in [0.25, 0.3) is 0 Å². The van der Waals surface area contributed by atoms with Crippen LogP contribution in [-0.2, 0) is 9.59 Å². The first kappa shape index (κ1) is 21.2. The Morgan fingerprint density at radius 2 is 1.93 bits per heavy atom. The number of nitrogens with one attached hydrogen (secondary N) is 1. The number of carbonyl (C=O) groups excluding carboxylic acids is 2. The Morgan fingerprint density at radius 1 is 1.13 bits per heavy atom. The van der Waals surface area contributed by atoms with Gasteiger partial charge in [-0.2, -0.15) is 0 Å². The number of rotatable bonds is 6. The van der Waals surface area contributed by atoms with E-state index in [4.69, 9.17) is 4.74 Å². The number of amides is 2. The van der Waals surface area contributed by atoms with Crippen molar-refractivity contribution in [2.45, 2.75) is 57.5 Å². The largest absolute Gasteiger partial charge is 0.497 e. The van der Waals surface area contributed by atoms with E-state index in [0.29, 0.717) is 36.9 Å². The zero-order valence-electron chi connectivity index (χ0n) is 18.3. The van der Waals surface area contributed by atoms with Crippen LogP contribution in [0.15, 0.2) is 24.3 Å². The summed E-state index contributed by atoms with van der Waals surface area (Å²) in [5.41, 5.74) is 1.39. The third-order valence-corrected chi connectivity index (χ3v) is 7.18. The number of methoxy groups -OCH3 is 1. The van der Waals surface area contributed by atoms with Gasteiger partial charge in [0.1, 0.15) is 5.75 Å². The Labute approximate surface area is 179 Å². The molecule has 164 valence electrons. The molecule has 0 spiro atoms. The average Bonchev–Trinajstić information content (AvgIpc) is 2.76. The Bertz CT molecular complexity index is 751. The predicted octanol–water partition coefficient (Wildman–Crippen LogP) is 2.99. The highest BCUT2D eigenvalue weighted by molar-refractivity contribution is 5.76. The maximum absolute atomic E-state index is 12.8. The van der Waals surface area contributed by atoms with Gasteiger partial charge in [-0.1, -0.05) is 12.1 Å². The second kappa shape index (κ2) is 9.38. The molecule has 2 amide bonds. The average molecular weight is 414 g/mol. The molecular formula is C24H35N3O3. The van der Waals surface area contributed by atoms with Crippen LogP contribution in [0.2, 0.25) is 0 Å². The summed E-state index contributed by atoms with van der Waals surface area (Å²) in [6.45, 7) is 4.97. The number of fused-ring (bicyclic) bond motifs is 4. The number of nitrogens with zero attached hydrogens (tertiary/aromatic N) is 2. The van der Waals surface area contributed by atoms with Gasteiger partial charge in [0, 0.05) is 51.6 Å². The normalized spacial score (nSPS) is 28.5. The molecule has 0 aliphatic carbocycles. The second-order valence-electron chi connectivity index (χ2n) is 9.23. The lowest BCUT2D eigenvalue weighted by atomic mass is 9.74. The predicted molar refractivity (Wildman–Crippen MR) is 116 cm³/mol. The molecule has 1 aromatic carbocycles. The molecular weight excluding hydrogens is 378 g/mol. The van der Waals surface area contributed by atoms with Gasteiger partial charge in [-0.3, -0.25) is 14.5 Å². The maximum Gasteiger partial charge on any atom is 0.222 e. The van der Waals surface area contributed by atoms with Crippen molar-refractivity contribution >= 4 is 11.8 Å². The van der Waals surface area contributed by atoms with Crippen LogP contribution in [0, 0.1) is 11.8 Å². The van der Waals surface area contributed by atoms with Crippen molar-refractivity contribution < 1.29 is 14.3 Å². The summed E-state index contributed by atoms with van der Waals surface area (Å²) in [7, 11) is 1.71. The van der Waals surface area contributed by atoms with Gasteiger partial charge >= 0.3 is 0 Å². The zero-order chi connectivity index (χ0) is 21.1. The molecule has 1 aromatic rings. The van der Waals surface area contributed by atoms with Crippen LogP contribution in [0.1, 0.15) is 57.1 Å². The summed E-state index contributed by atoms with van der Waals surface area (Å²) in [5, 5.41) is 2.78. The fraction of sp³-hybridized carbons (Fsp3) is 0.667. The van der Waals surface area contributed by atoms with E-state index in [-0.39, 0.29) is 11.8 Å². The lowest BCUT2D eigenvalue weighted by Gasteiger charge is -2.55. The van der Waals surface area contributed by atoms with E-state index in [0.717, 1.165) is 31.8 Å². The Kier molecular flexibility index (Phi) is 6.61. The first-order valence-electron chi connectivity index (χ1n) is 11.5. The minimum absolute atomic E-state index is 0.0289. The SMILES string of the molecule is COc1ccc([C@H]2CCC[C@H]3[C@@H]4C[C@@H](CN(C(=O)CCCNC(C)=O)C4)CN23)cc1. The minimum Gasteiger partial charge on any atom is -0.497 e. The summed E-state index contributed by atoms with van der Waals surface area (Å²) in [4.78, 5) is 28.6. The molecule has 2 bridgehead atoms. The second-order valence-corrected chi connectivity index (χ2v) is 9.23. The van der Waals surface area contributed by atoms with Crippen LogP contribution in [0.5, 0.6) is 5.75 Å². The van der Waals surface area contributed by atoms with Crippen molar-refractivity contribution in [1.82, 2.24) is 15.1 Å². The van der Waals surface area contributed by atoms with E-state index in [2.05, 4.69) is 39.4 Å².